The Hall–Kier alpha value is -0.280. The molecule has 1 aromatic rings. The Balaban J connectivity index is 0. The molecule has 0 aliphatic carbocycles. The minimum Gasteiger partial charge on any atom is -0.389 e. The minimum absolute atomic E-state index is 0. The smallest absolute Gasteiger partial charge is 0.0761 e. The van der Waals surface area contributed by atoms with Crippen LogP contribution in [0, 0.1) is 0 Å². The van der Waals surface area contributed by atoms with Crippen LogP contribution in [0.25, 0.3) is 0 Å². The zero-order chi connectivity index (χ0) is 8.27. The van der Waals surface area contributed by atoms with E-state index in [9.17, 15) is 0 Å². The van der Waals surface area contributed by atoms with Gasteiger partial charge in [-0.05, 0) is 18.1 Å². The first-order valence-electron chi connectivity index (χ1n) is 3.71. The Morgan fingerprint density at radius 1 is 1.23 bits per heavy atom. The Bertz CT molecular complexity index is 224. The summed E-state index contributed by atoms with van der Waals surface area (Å²) in [6.07, 6.45) is -0.387. The molecule has 1 atom stereocenters. The van der Waals surface area contributed by atoms with Crippen molar-refractivity contribution in [3.8, 4) is 0 Å². The maximum absolute atomic E-state index is 9.16. The fraction of sp³-hybridized carbons (Fsp3) is 0.333. The first-order valence-corrected chi connectivity index (χ1v) is 3.71. The lowest BCUT2D eigenvalue weighted by Gasteiger charge is -2.04. The van der Waals surface area contributed by atoms with E-state index in [-0.39, 0.29) is 30.9 Å². The van der Waals surface area contributed by atoms with E-state index in [0.29, 0.717) is 6.54 Å². The summed E-state index contributed by atoms with van der Waals surface area (Å²) in [5, 5.41) is 9.16. The molecule has 1 aromatic carbocycles. The molecular weight excluding hydrogens is 209 g/mol. The molecule has 0 fully saturated rings. The molecule has 0 bridgehead atoms. The Kier molecular flexibility index (Phi) is 8.37. The molecule has 3 N–H and O–H groups in total. The molecule has 0 aliphatic rings. The van der Waals surface area contributed by atoms with Crippen molar-refractivity contribution in [2.24, 2.45) is 5.73 Å². The third-order valence-corrected chi connectivity index (χ3v) is 1.70. The van der Waals surface area contributed by atoms with Crippen LogP contribution in [0.5, 0.6) is 0 Å². The zero-order valence-corrected chi connectivity index (χ0v) is 9.07. The topological polar surface area (TPSA) is 46.2 Å². The molecule has 1 rings (SSSR count). The van der Waals surface area contributed by atoms with E-state index in [1.54, 1.807) is 6.92 Å². The van der Waals surface area contributed by atoms with Crippen molar-refractivity contribution in [3.63, 3.8) is 0 Å². The normalized spacial score (nSPS) is 11.0. The maximum Gasteiger partial charge on any atom is 0.0761 e. The van der Waals surface area contributed by atoms with E-state index in [4.69, 9.17) is 10.8 Å². The SMILES string of the molecule is CC(O)c1ccc(CN)cc1.Cl.Cl. The van der Waals surface area contributed by atoms with E-state index < -0.39 is 0 Å². The van der Waals surface area contributed by atoms with Crippen LogP contribution in [-0.4, -0.2) is 5.11 Å². The molecule has 1 unspecified atom stereocenters. The Morgan fingerprint density at radius 3 is 2.00 bits per heavy atom. The third-order valence-electron chi connectivity index (χ3n) is 1.70. The highest BCUT2D eigenvalue weighted by Crippen LogP contribution is 2.11. The standard InChI is InChI=1S/C9H13NO.2ClH/c1-7(11)9-4-2-8(6-10)3-5-9;;/h2-5,7,11H,6,10H2,1H3;2*1H. The van der Waals surface area contributed by atoms with Gasteiger partial charge in [-0.2, -0.15) is 0 Å². The summed E-state index contributed by atoms with van der Waals surface area (Å²) >= 11 is 0. The first kappa shape index (κ1) is 15.2. The van der Waals surface area contributed by atoms with Crippen molar-refractivity contribution in [1.29, 1.82) is 0 Å². The van der Waals surface area contributed by atoms with Gasteiger partial charge in [-0.25, -0.2) is 0 Å². The van der Waals surface area contributed by atoms with Gasteiger partial charge in [-0.15, -0.1) is 24.8 Å². The second-order valence-corrected chi connectivity index (χ2v) is 2.62. The van der Waals surface area contributed by atoms with E-state index in [2.05, 4.69) is 0 Å². The third kappa shape index (κ3) is 4.48. The van der Waals surface area contributed by atoms with E-state index in [0.717, 1.165) is 11.1 Å². The molecule has 0 saturated heterocycles. The van der Waals surface area contributed by atoms with Crippen molar-refractivity contribution in [3.05, 3.63) is 35.4 Å². The number of hydrogen-bond acceptors (Lipinski definition) is 2. The fourth-order valence-electron chi connectivity index (χ4n) is 0.932. The molecule has 0 amide bonds. The van der Waals surface area contributed by atoms with Gasteiger partial charge in [0.25, 0.3) is 0 Å². The average molecular weight is 224 g/mol. The van der Waals surface area contributed by atoms with Gasteiger partial charge in [0.2, 0.25) is 0 Å². The molecule has 0 saturated carbocycles. The summed E-state index contributed by atoms with van der Waals surface area (Å²) in [4.78, 5) is 0. The van der Waals surface area contributed by atoms with Crippen LogP contribution in [0.1, 0.15) is 24.2 Å². The number of rotatable bonds is 2. The molecule has 0 aliphatic heterocycles. The second-order valence-electron chi connectivity index (χ2n) is 2.62. The average Bonchev–Trinajstić information content (AvgIpc) is 2.05. The highest BCUT2D eigenvalue weighted by molar-refractivity contribution is 5.85. The molecule has 76 valence electrons. The summed E-state index contributed by atoms with van der Waals surface area (Å²) in [6.45, 7) is 2.30. The van der Waals surface area contributed by atoms with E-state index >= 15 is 0 Å². The van der Waals surface area contributed by atoms with Crippen molar-refractivity contribution in [2.75, 3.05) is 0 Å². The quantitative estimate of drug-likeness (QED) is 0.807. The van der Waals surface area contributed by atoms with Gasteiger partial charge < -0.3 is 10.8 Å². The predicted octanol–water partition coefficient (Wildman–Crippen LogP) is 2.04. The molecule has 0 heterocycles. The van der Waals surface area contributed by atoms with Crippen LogP contribution < -0.4 is 5.73 Å². The number of halogens is 2. The van der Waals surface area contributed by atoms with E-state index in [1.165, 1.54) is 0 Å². The first-order chi connectivity index (χ1) is 5.24. The minimum atomic E-state index is -0.387. The van der Waals surface area contributed by atoms with Gasteiger partial charge in [-0.3, -0.25) is 0 Å². The predicted molar refractivity (Wildman–Crippen MR) is 59.5 cm³/mol. The van der Waals surface area contributed by atoms with Gasteiger partial charge in [0.05, 0.1) is 6.10 Å². The Morgan fingerprint density at radius 2 is 1.69 bits per heavy atom. The molecular formula is C9H15Cl2NO. The number of hydrogen-bond donors (Lipinski definition) is 2. The highest BCUT2D eigenvalue weighted by Gasteiger charge is 1.98. The largest absolute Gasteiger partial charge is 0.389 e. The number of benzene rings is 1. The van der Waals surface area contributed by atoms with Crippen molar-refractivity contribution in [1.82, 2.24) is 0 Å². The van der Waals surface area contributed by atoms with Crippen LogP contribution in [0.4, 0.5) is 0 Å². The van der Waals surface area contributed by atoms with Crippen molar-refractivity contribution < 1.29 is 5.11 Å². The van der Waals surface area contributed by atoms with Crippen LogP contribution >= 0.6 is 24.8 Å². The van der Waals surface area contributed by atoms with Crippen LogP contribution in [0.15, 0.2) is 24.3 Å². The molecule has 0 radical (unpaired) electrons. The van der Waals surface area contributed by atoms with Gasteiger partial charge in [0.15, 0.2) is 0 Å². The summed E-state index contributed by atoms with van der Waals surface area (Å²) < 4.78 is 0. The fourth-order valence-corrected chi connectivity index (χ4v) is 0.932. The molecule has 0 aromatic heterocycles. The van der Waals surface area contributed by atoms with Gasteiger partial charge in [0, 0.05) is 6.54 Å². The summed E-state index contributed by atoms with van der Waals surface area (Å²) in [7, 11) is 0. The maximum atomic E-state index is 9.16. The number of aliphatic hydroxyl groups is 1. The monoisotopic (exact) mass is 223 g/mol. The summed E-state index contributed by atoms with van der Waals surface area (Å²) in [5.41, 5.74) is 7.44. The Labute approximate surface area is 91.0 Å². The van der Waals surface area contributed by atoms with Crippen LogP contribution in [0.3, 0.4) is 0 Å². The van der Waals surface area contributed by atoms with Crippen molar-refractivity contribution in [2.45, 2.75) is 19.6 Å². The molecule has 0 spiro atoms. The molecule has 13 heavy (non-hydrogen) atoms. The number of nitrogens with two attached hydrogens (primary N) is 1. The van der Waals surface area contributed by atoms with Gasteiger partial charge >= 0.3 is 0 Å². The second kappa shape index (κ2) is 7.15. The van der Waals surface area contributed by atoms with Crippen LogP contribution in [0.2, 0.25) is 0 Å². The lowest BCUT2D eigenvalue weighted by Crippen LogP contribution is -1.97. The summed E-state index contributed by atoms with van der Waals surface area (Å²) in [6, 6.07) is 7.66. The molecule has 2 nitrogen and oxygen atoms in total. The van der Waals surface area contributed by atoms with Crippen molar-refractivity contribution >= 4 is 24.8 Å². The summed E-state index contributed by atoms with van der Waals surface area (Å²) in [5.74, 6) is 0. The lowest BCUT2D eigenvalue weighted by atomic mass is 10.1. The van der Waals surface area contributed by atoms with Gasteiger partial charge in [-0.1, -0.05) is 24.3 Å². The van der Waals surface area contributed by atoms with Crippen LogP contribution in [-0.2, 0) is 6.54 Å². The van der Waals surface area contributed by atoms with Gasteiger partial charge in [0.1, 0.15) is 0 Å². The lowest BCUT2D eigenvalue weighted by molar-refractivity contribution is 0.199. The van der Waals surface area contributed by atoms with E-state index in [1.807, 2.05) is 24.3 Å². The zero-order valence-electron chi connectivity index (χ0n) is 7.43. The molecule has 4 heteroatoms. The number of aliphatic hydroxyl groups excluding tert-OH is 1. The highest BCUT2D eigenvalue weighted by atomic mass is 35.5.